The summed E-state index contributed by atoms with van der Waals surface area (Å²) in [5, 5.41) is 9.21. The number of hydrogen-bond acceptors (Lipinski definition) is 2. The quantitative estimate of drug-likeness (QED) is 0.807. The SMILES string of the molecule is CCN(CC)C(C#N)c1ccc(Cl)c(F)c1. The number of nitrogens with zero attached hydrogens (tertiary/aromatic N) is 2. The summed E-state index contributed by atoms with van der Waals surface area (Å²) in [6, 6.07) is 6.27. The second-order valence-electron chi connectivity index (χ2n) is 3.43. The lowest BCUT2D eigenvalue weighted by atomic mass is 10.1. The van der Waals surface area contributed by atoms with Crippen molar-refractivity contribution in [1.29, 1.82) is 5.26 Å². The van der Waals surface area contributed by atoms with Gasteiger partial charge in [-0.15, -0.1) is 0 Å². The largest absolute Gasteiger partial charge is 0.285 e. The van der Waals surface area contributed by atoms with Gasteiger partial charge in [-0.05, 0) is 30.8 Å². The van der Waals surface area contributed by atoms with Crippen molar-refractivity contribution in [3.63, 3.8) is 0 Å². The molecule has 1 rings (SSSR count). The highest BCUT2D eigenvalue weighted by Crippen LogP contribution is 2.23. The summed E-state index contributed by atoms with van der Waals surface area (Å²) in [7, 11) is 0. The lowest BCUT2D eigenvalue weighted by Gasteiger charge is -2.24. The number of nitriles is 1. The predicted molar refractivity (Wildman–Crippen MR) is 62.7 cm³/mol. The van der Waals surface area contributed by atoms with E-state index in [2.05, 4.69) is 6.07 Å². The normalized spacial score (nSPS) is 12.5. The van der Waals surface area contributed by atoms with Gasteiger partial charge in [-0.3, -0.25) is 4.90 Å². The Labute approximate surface area is 100 Å². The summed E-state index contributed by atoms with van der Waals surface area (Å²) in [6.45, 7) is 5.44. The third-order valence-corrected chi connectivity index (χ3v) is 2.87. The molecule has 0 amide bonds. The van der Waals surface area contributed by atoms with Gasteiger partial charge in [0.25, 0.3) is 0 Å². The fraction of sp³-hybridized carbons (Fsp3) is 0.417. The molecule has 0 radical (unpaired) electrons. The molecule has 16 heavy (non-hydrogen) atoms. The topological polar surface area (TPSA) is 27.0 Å². The first-order chi connectivity index (χ1) is 7.63. The molecule has 1 atom stereocenters. The van der Waals surface area contributed by atoms with E-state index < -0.39 is 11.9 Å². The van der Waals surface area contributed by atoms with Gasteiger partial charge in [0.1, 0.15) is 11.9 Å². The Morgan fingerprint density at radius 1 is 1.44 bits per heavy atom. The van der Waals surface area contributed by atoms with Gasteiger partial charge in [0.2, 0.25) is 0 Å². The third-order valence-electron chi connectivity index (χ3n) is 2.56. The smallest absolute Gasteiger partial charge is 0.142 e. The van der Waals surface area contributed by atoms with E-state index in [0.717, 1.165) is 13.1 Å². The van der Waals surface area contributed by atoms with Gasteiger partial charge in [-0.25, -0.2) is 4.39 Å². The van der Waals surface area contributed by atoms with E-state index in [1.807, 2.05) is 18.7 Å². The molecule has 0 N–H and O–H groups in total. The van der Waals surface area contributed by atoms with Crippen LogP contribution in [0, 0.1) is 17.1 Å². The molecule has 0 saturated carbocycles. The van der Waals surface area contributed by atoms with Crippen LogP contribution in [0.5, 0.6) is 0 Å². The molecule has 1 aromatic rings. The van der Waals surface area contributed by atoms with Crippen LogP contribution in [-0.4, -0.2) is 18.0 Å². The zero-order valence-corrected chi connectivity index (χ0v) is 10.1. The second kappa shape index (κ2) is 5.83. The number of hydrogen-bond donors (Lipinski definition) is 0. The van der Waals surface area contributed by atoms with Gasteiger partial charge in [-0.2, -0.15) is 5.26 Å². The molecule has 0 fully saturated rings. The van der Waals surface area contributed by atoms with Gasteiger partial charge in [0, 0.05) is 0 Å². The minimum atomic E-state index is -0.480. The maximum absolute atomic E-state index is 13.3. The highest BCUT2D eigenvalue weighted by Gasteiger charge is 2.18. The molecule has 0 spiro atoms. The van der Waals surface area contributed by atoms with Crippen LogP contribution in [-0.2, 0) is 0 Å². The predicted octanol–water partition coefficient (Wildman–Crippen LogP) is 3.39. The van der Waals surface area contributed by atoms with Crippen molar-refractivity contribution >= 4 is 11.6 Å². The van der Waals surface area contributed by atoms with Gasteiger partial charge in [0.05, 0.1) is 11.1 Å². The van der Waals surface area contributed by atoms with Crippen LogP contribution < -0.4 is 0 Å². The lowest BCUT2D eigenvalue weighted by Crippen LogP contribution is -2.27. The van der Waals surface area contributed by atoms with Crippen molar-refractivity contribution in [1.82, 2.24) is 4.90 Å². The van der Waals surface area contributed by atoms with Crippen LogP contribution in [0.15, 0.2) is 18.2 Å². The van der Waals surface area contributed by atoms with Crippen LogP contribution in [0.2, 0.25) is 5.02 Å². The summed E-state index contributed by atoms with van der Waals surface area (Å²) in [6.07, 6.45) is 0. The molecule has 0 aliphatic rings. The maximum atomic E-state index is 13.3. The van der Waals surface area contributed by atoms with E-state index >= 15 is 0 Å². The number of benzene rings is 1. The van der Waals surface area contributed by atoms with Crippen molar-refractivity contribution in [2.45, 2.75) is 19.9 Å². The Balaban J connectivity index is 3.05. The van der Waals surface area contributed by atoms with Crippen molar-refractivity contribution in [3.8, 4) is 6.07 Å². The van der Waals surface area contributed by atoms with Gasteiger partial charge < -0.3 is 0 Å². The first kappa shape index (κ1) is 13.0. The van der Waals surface area contributed by atoms with E-state index in [-0.39, 0.29) is 5.02 Å². The highest BCUT2D eigenvalue weighted by atomic mass is 35.5. The summed E-state index contributed by atoms with van der Waals surface area (Å²) in [5.41, 5.74) is 0.646. The van der Waals surface area contributed by atoms with Crippen LogP contribution in [0.3, 0.4) is 0 Å². The molecule has 0 bridgehead atoms. The minimum Gasteiger partial charge on any atom is -0.285 e. The number of rotatable bonds is 4. The Morgan fingerprint density at radius 3 is 2.50 bits per heavy atom. The standard InChI is InChI=1S/C12H14ClFN2/c1-3-16(4-2)12(8-15)9-5-6-10(13)11(14)7-9/h5-7,12H,3-4H2,1-2H3. The van der Waals surface area contributed by atoms with Gasteiger partial charge in [0.15, 0.2) is 0 Å². The van der Waals surface area contributed by atoms with E-state index in [0.29, 0.717) is 5.56 Å². The molecule has 1 unspecified atom stereocenters. The van der Waals surface area contributed by atoms with E-state index in [1.54, 1.807) is 6.07 Å². The molecule has 86 valence electrons. The van der Waals surface area contributed by atoms with Crippen LogP contribution in [0.1, 0.15) is 25.5 Å². The summed E-state index contributed by atoms with van der Waals surface area (Å²) in [4.78, 5) is 1.96. The Bertz CT molecular complexity index is 396. The first-order valence-electron chi connectivity index (χ1n) is 5.22. The molecule has 0 aliphatic heterocycles. The van der Waals surface area contributed by atoms with Crippen molar-refractivity contribution in [2.75, 3.05) is 13.1 Å². The fourth-order valence-electron chi connectivity index (χ4n) is 1.64. The highest BCUT2D eigenvalue weighted by molar-refractivity contribution is 6.30. The first-order valence-corrected chi connectivity index (χ1v) is 5.60. The molecule has 2 nitrogen and oxygen atoms in total. The van der Waals surface area contributed by atoms with E-state index in [4.69, 9.17) is 16.9 Å². The molecular weight excluding hydrogens is 227 g/mol. The monoisotopic (exact) mass is 240 g/mol. The molecule has 0 heterocycles. The Kier molecular flexibility index (Phi) is 4.72. The molecule has 4 heteroatoms. The molecule has 0 aliphatic carbocycles. The molecule has 0 aromatic heterocycles. The average Bonchev–Trinajstić information content (AvgIpc) is 2.29. The zero-order chi connectivity index (χ0) is 12.1. The van der Waals surface area contributed by atoms with Crippen LogP contribution >= 0.6 is 11.6 Å². The van der Waals surface area contributed by atoms with Crippen molar-refractivity contribution < 1.29 is 4.39 Å². The summed E-state index contributed by atoms with van der Waals surface area (Å²) >= 11 is 5.60. The minimum absolute atomic E-state index is 0.0833. The molecule has 1 aromatic carbocycles. The summed E-state index contributed by atoms with van der Waals surface area (Å²) < 4.78 is 13.3. The third kappa shape index (κ3) is 2.72. The Hall–Kier alpha value is -1.11. The maximum Gasteiger partial charge on any atom is 0.142 e. The van der Waals surface area contributed by atoms with Gasteiger partial charge >= 0.3 is 0 Å². The van der Waals surface area contributed by atoms with Crippen molar-refractivity contribution in [3.05, 3.63) is 34.6 Å². The van der Waals surface area contributed by atoms with E-state index in [9.17, 15) is 4.39 Å². The fourth-order valence-corrected chi connectivity index (χ4v) is 1.76. The lowest BCUT2D eigenvalue weighted by molar-refractivity contribution is 0.262. The number of halogens is 2. The Morgan fingerprint density at radius 2 is 2.06 bits per heavy atom. The van der Waals surface area contributed by atoms with E-state index in [1.165, 1.54) is 12.1 Å². The van der Waals surface area contributed by atoms with Crippen LogP contribution in [0.25, 0.3) is 0 Å². The summed E-state index contributed by atoms with van der Waals surface area (Å²) in [5.74, 6) is -0.480. The van der Waals surface area contributed by atoms with Gasteiger partial charge in [-0.1, -0.05) is 31.5 Å². The van der Waals surface area contributed by atoms with Crippen LogP contribution in [0.4, 0.5) is 4.39 Å². The second-order valence-corrected chi connectivity index (χ2v) is 3.83. The average molecular weight is 241 g/mol. The molecular formula is C12H14ClFN2. The zero-order valence-electron chi connectivity index (χ0n) is 9.37. The molecule has 0 saturated heterocycles. The van der Waals surface area contributed by atoms with Crippen molar-refractivity contribution in [2.24, 2.45) is 0 Å².